The maximum absolute atomic E-state index is 13.0. The second kappa shape index (κ2) is 8.73. The number of benzene rings is 3. The number of aromatic nitrogens is 1. The van der Waals surface area contributed by atoms with E-state index in [1.54, 1.807) is 23.5 Å². The normalized spacial score (nSPS) is 11.2. The molecule has 1 N–H and O–H groups in total. The van der Waals surface area contributed by atoms with Gasteiger partial charge in [0.05, 0.1) is 16.8 Å². The molecule has 0 radical (unpaired) electrons. The van der Waals surface area contributed by atoms with E-state index in [1.807, 2.05) is 42.3 Å². The molecule has 0 fully saturated rings. The van der Waals surface area contributed by atoms with Crippen LogP contribution in [0.5, 0.6) is 0 Å². The van der Waals surface area contributed by atoms with Crippen molar-refractivity contribution in [1.29, 1.82) is 0 Å². The molecule has 1 aromatic heterocycles. The van der Waals surface area contributed by atoms with Crippen molar-refractivity contribution in [3.05, 3.63) is 83.7 Å². The first-order valence-electron chi connectivity index (χ1n) is 9.67. The van der Waals surface area contributed by atoms with Crippen LogP contribution in [-0.2, 0) is 11.3 Å². The van der Waals surface area contributed by atoms with Gasteiger partial charge in [-0.05, 0) is 73.6 Å². The number of amides is 1. The fourth-order valence-electron chi connectivity index (χ4n) is 3.25. The first-order chi connectivity index (χ1) is 14.5. The van der Waals surface area contributed by atoms with Gasteiger partial charge in [0.25, 0.3) is 0 Å². The zero-order chi connectivity index (χ0) is 21.1. The van der Waals surface area contributed by atoms with Gasteiger partial charge in [0.15, 0.2) is 0 Å². The smallest absolute Gasteiger partial charge is 0.238 e. The first-order valence-corrected chi connectivity index (χ1v) is 10.5. The van der Waals surface area contributed by atoms with Crippen LogP contribution in [0.25, 0.3) is 20.8 Å². The topological polar surface area (TPSA) is 45.2 Å². The molecule has 3 aromatic carbocycles. The SMILES string of the molecule is Cc1ccc2nc(-c3ccc(NC(=O)CN(C)Cc4ccc(F)cc4)cc3)sc2c1. The molecule has 0 bridgehead atoms. The number of fused-ring (bicyclic) bond motifs is 1. The zero-order valence-corrected chi connectivity index (χ0v) is 17.7. The number of nitrogens with zero attached hydrogens (tertiary/aromatic N) is 2. The molecule has 0 atom stereocenters. The summed E-state index contributed by atoms with van der Waals surface area (Å²) in [5.74, 6) is -0.355. The van der Waals surface area contributed by atoms with Crippen LogP contribution in [-0.4, -0.2) is 29.4 Å². The number of aryl methyl sites for hydroxylation is 1. The Labute approximate surface area is 179 Å². The third-order valence-electron chi connectivity index (χ3n) is 4.74. The van der Waals surface area contributed by atoms with Gasteiger partial charge >= 0.3 is 0 Å². The fourth-order valence-corrected chi connectivity index (χ4v) is 4.32. The number of hydrogen-bond donors (Lipinski definition) is 1. The molecule has 4 nitrogen and oxygen atoms in total. The van der Waals surface area contributed by atoms with Crippen molar-refractivity contribution < 1.29 is 9.18 Å². The quantitative estimate of drug-likeness (QED) is 0.450. The molecule has 0 saturated carbocycles. The Balaban J connectivity index is 1.36. The van der Waals surface area contributed by atoms with Crippen molar-refractivity contribution in [2.24, 2.45) is 0 Å². The zero-order valence-electron chi connectivity index (χ0n) is 16.9. The standard InChI is InChI=1S/C24H22FN3OS/c1-16-3-12-21-22(13-16)30-24(27-21)18-6-10-20(11-7-18)26-23(29)15-28(2)14-17-4-8-19(25)9-5-17/h3-13H,14-15H2,1-2H3,(H,26,29). The minimum atomic E-state index is -0.261. The van der Waals surface area contributed by atoms with Crippen LogP contribution in [0.2, 0.25) is 0 Å². The van der Waals surface area contributed by atoms with Gasteiger partial charge < -0.3 is 5.32 Å². The average molecular weight is 420 g/mol. The average Bonchev–Trinajstić information content (AvgIpc) is 3.13. The molecule has 152 valence electrons. The molecule has 4 rings (SSSR count). The van der Waals surface area contributed by atoms with Gasteiger partial charge in [-0.3, -0.25) is 9.69 Å². The lowest BCUT2D eigenvalue weighted by atomic mass is 10.2. The number of rotatable bonds is 6. The maximum atomic E-state index is 13.0. The van der Waals surface area contributed by atoms with Gasteiger partial charge in [-0.1, -0.05) is 18.2 Å². The number of thiazole rings is 1. The van der Waals surface area contributed by atoms with Crippen LogP contribution in [0, 0.1) is 12.7 Å². The number of likely N-dealkylation sites (N-methyl/N-ethyl adjacent to an activating group) is 1. The van der Waals surface area contributed by atoms with Gasteiger partial charge in [-0.15, -0.1) is 11.3 Å². The summed E-state index contributed by atoms with van der Waals surface area (Å²) in [6, 6.07) is 20.3. The number of nitrogens with one attached hydrogen (secondary N) is 1. The second-order valence-electron chi connectivity index (χ2n) is 7.41. The van der Waals surface area contributed by atoms with Crippen LogP contribution >= 0.6 is 11.3 Å². The third-order valence-corrected chi connectivity index (χ3v) is 5.81. The highest BCUT2D eigenvalue weighted by molar-refractivity contribution is 7.21. The Morgan fingerprint density at radius 1 is 1.07 bits per heavy atom. The summed E-state index contributed by atoms with van der Waals surface area (Å²) in [4.78, 5) is 18.9. The van der Waals surface area contributed by atoms with E-state index in [0.29, 0.717) is 6.54 Å². The van der Waals surface area contributed by atoms with Crippen LogP contribution in [0.1, 0.15) is 11.1 Å². The van der Waals surface area contributed by atoms with E-state index in [9.17, 15) is 9.18 Å². The summed E-state index contributed by atoms with van der Waals surface area (Å²) in [6.45, 7) is 2.90. The lowest BCUT2D eigenvalue weighted by Crippen LogP contribution is -2.29. The van der Waals surface area contributed by atoms with Crippen LogP contribution < -0.4 is 5.32 Å². The first kappa shape index (κ1) is 20.2. The van der Waals surface area contributed by atoms with Crippen LogP contribution in [0.3, 0.4) is 0 Å². The van der Waals surface area contributed by atoms with Gasteiger partial charge in [0.2, 0.25) is 5.91 Å². The molecule has 4 aromatic rings. The van der Waals surface area contributed by atoms with Crippen molar-refractivity contribution in [3.8, 4) is 10.6 Å². The van der Waals surface area contributed by atoms with E-state index in [-0.39, 0.29) is 18.3 Å². The highest BCUT2D eigenvalue weighted by atomic mass is 32.1. The molecule has 1 amide bonds. The minimum absolute atomic E-state index is 0.0946. The van der Waals surface area contributed by atoms with Crippen molar-refractivity contribution in [2.45, 2.75) is 13.5 Å². The maximum Gasteiger partial charge on any atom is 0.238 e. The van der Waals surface area contributed by atoms with Gasteiger partial charge in [0.1, 0.15) is 10.8 Å². The van der Waals surface area contributed by atoms with Gasteiger partial charge in [-0.25, -0.2) is 9.37 Å². The number of halogens is 1. The summed E-state index contributed by atoms with van der Waals surface area (Å²) in [6.07, 6.45) is 0. The Bertz CT molecular complexity index is 1170. The van der Waals surface area contributed by atoms with E-state index < -0.39 is 0 Å². The van der Waals surface area contributed by atoms with Gasteiger partial charge in [0, 0.05) is 17.8 Å². The van der Waals surface area contributed by atoms with E-state index in [2.05, 4.69) is 24.4 Å². The number of carbonyl (C=O) groups is 1. The van der Waals surface area contributed by atoms with E-state index >= 15 is 0 Å². The summed E-state index contributed by atoms with van der Waals surface area (Å²) >= 11 is 1.67. The summed E-state index contributed by atoms with van der Waals surface area (Å²) < 4.78 is 14.2. The number of anilines is 1. The molecule has 0 spiro atoms. The molecular formula is C24H22FN3OS. The number of carbonyl (C=O) groups excluding carboxylic acids is 1. The lowest BCUT2D eigenvalue weighted by molar-refractivity contribution is -0.117. The minimum Gasteiger partial charge on any atom is -0.325 e. The highest BCUT2D eigenvalue weighted by Gasteiger charge is 2.10. The van der Waals surface area contributed by atoms with E-state index in [0.717, 1.165) is 27.3 Å². The van der Waals surface area contributed by atoms with Crippen molar-refractivity contribution in [3.63, 3.8) is 0 Å². The van der Waals surface area contributed by atoms with Crippen LogP contribution in [0.4, 0.5) is 10.1 Å². The summed E-state index contributed by atoms with van der Waals surface area (Å²) in [7, 11) is 1.86. The molecule has 0 aliphatic rings. The lowest BCUT2D eigenvalue weighted by Gasteiger charge is -2.16. The van der Waals surface area contributed by atoms with E-state index in [1.165, 1.54) is 22.4 Å². The summed E-state index contributed by atoms with van der Waals surface area (Å²) in [5.41, 5.74) is 4.96. The fraction of sp³-hybridized carbons (Fsp3) is 0.167. The molecule has 0 aliphatic heterocycles. The Morgan fingerprint density at radius 2 is 1.80 bits per heavy atom. The Kier molecular flexibility index (Phi) is 5.88. The predicted octanol–water partition coefficient (Wildman–Crippen LogP) is 5.48. The summed E-state index contributed by atoms with van der Waals surface area (Å²) in [5, 5.41) is 3.89. The molecule has 0 unspecified atom stereocenters. The van der Waals surface area contributed by atoms with Gasteiger partial charge in [-0.2, -0.15) is 0 Å². The molecule has 30 heavy (non-hydrogen) atoms. The molecule has 0 aliphatic carbocycles. The Morgan fingerprint density at radius 3 is 2.53 bits per heavy atom. The monoisotopic (exact) mass is 419 g/mol. The Hall–Kier alpha value is -3.09. The van der Waals surface area contributed by atoms with Crippen LogP contribution in [0.15, 0.2) is 66.7 Å². The van der Waals surface area contributed by atoms with Crippen molar-refractivity contribution in [1.82, 2.24) is 9.88 Å². The van der Waals surface area contributed by atoms with Crippen molar-refractivity contribution >= 4 is 33.1 Å². The number of hydrogen-bond acceptors (Lipinski definition) is 4. The predicted molar refractivity (Wildman–Crippen MR) is 121 cm³/mol. The third kappa shape index (κ3) is 4.90. The van der Waals surface area contributed by atoms with Crippen molar-refractivity contribution in [2.75, 3.05) is 18.9 Å². The molecule has 1 heterocycles. The molecule has 6 heteroatoms. The highest BCUT2D eigenvalue weighted by Crippen LogP contribution is 2.31. The van der Waals surface area contributed by atoms with E-state index in [4.69, 9.17) is 4.98 Å². The largest absolute Gasteiger partial charge is 0.325 e. The molecular weight excluding hydrogens is 397 g/mol. The molecule has 0 saturated heterocycles. The second-order valence-corrected chi connectivity index (χ2v) is 8.45.